The molecule has 1 fully saturated rings. The van der Waals surface area contributed by atoms with Crippen molar-refractivity contribution in [3.63, 3.8) is 0 Å². The molecule has 4 nitrogen and oxygen atoms in total. The molecule has 1 amide bonds. The first-order chi connectivity index (χ1) is 10.8. The molecular formula is C18H20N2O2. The standard InChI is InChI=1S/C18H20N2O2/c21-18-17(19-10-11-20-18)12-14-6-8-16(9-7-14)22-13-15-4-2-1-3-5-15/h1-9,17,19H,10-13H2,(H,20,21). The Morgan fingerprint density at radius 2 is 1.73 bits per heavy atom. The number of rotatable bonds is 5. The van der Waals surface area contributed by atoms with E-state index in [1.807, 2.05) is 54.6 Å². The zero-order valence-electron chi connectivity index (χ0n) is 12.4. The fourth-order valence-electron chi connectivity index (χ4n) is 2.51. The van der Waals surface area contributed by atoms with Gasteiger partial charge in [0.05, 0.1) is 6.04 Å². The molecule has 0 aliphatic carbocycles. The van der Waals surface area contributed by atoms with E-state index in [1.54, 1.807) is 0 Å². The van der Waals surface area contributed by atoms with E-state index in [4.69, 9.17) is 4.74 Å². The maximum atomic E-state index is 11.7. The average molecular weight is 296 g/mol. The van der Waals surface area contributed by atoms with E-state index in [0.717, 1.165) is 23.4 Å². The lowest BCUT2D eigenvalue weighted by Crippen LogP contribution is -2.53. The molecular weight excluding hydrogens is 276 g/mol. The summed E-state index contributed by atoms with van der Waals surface area (Å²) < 4.78 is 5.76. The second-order valence-electron chi connectivity index (χ2n) is 5.42. The molecule has 1 aliphatic heterocycles. The van der Waals surface area contributed by atoms with Crippen molar-refractivity contribution in [2.24, 2.45) is 0 Å². The van der Waals surface area contributed by atoms with Crippen molar-refractivity contribution in [2.45, 2.75) is 19.1 Å². The highest BCUT2D eigenvalue weighted by molar-refractivity contribution is 5.82. The summed E-state index contributed by atoms with van der Waals surface area (Å²) in [4.78, 5) is 11.7. The summed E-state index contributed by atoms with van der Waals surface area (Å²) in [5, 5.41) is 6.11. The van der Waals surface area contributed by atoms with Gasteiger partial charge in [-0.25, -0.2) is 0 Å². The first-order valence-electron chi connectivity index (χ1n) is 7.58. The van der Waals surface area contributed by atoms with Crippen LogP contribution in [0.15, 0.2) is 54.6 Å². The Morgan fingerprint density at radius 3 is 2.45 bits per heavy atom. The molecule has 2 aromatic carbocycles. The van der Waals surface area contributed by atoms with E-state index in [1.165, 1.54) is 0 Å². The topological polar surface area (TPSA) is 50.4 Å². The second-order valence-corrected chi connectivity index (χ2v) is 5.42. The van der Waals surface area contributed by atoms with Gasteiger partial charge in [-0.3, -0.25) is 4.79 Å². The third-order valence-corrected chi connectivity index (χ3v) is 3.74. The Morgan fingerprint density at radius 1 is 0.955 bits per heavy atom. The Kier molecular flexibility index (Phi) is 4.71. The van der Waals surface area contributed by atoms with E-state index < -0.39 is 0 Å². The molecule has 1 atom stereocenters. The Balaban J connectivity index is 1.55. The predicted octanol–water partition coefficient (Wildman–Crippen LogP) is 1.90. The number of piperazine rings is 1. The van der Waals surface area contributed by atoms with Gasteiger partial charge in [-0.15, -0.1) is 0 Å². The maximum absolute atomic E-state index is 11.7. The Labute approximate surface area is 130 Å². The molecule has 0 spiro atoms. The number of benzene rings is 2. The number of hydrogen-bond acceptors (Lipinski definition) is 3. The Bertz CT molecular complexity index is 611. The molecule has 4 heteroatoms. The van der Waals surface area contributed by atoms with Crippen molar-refractivity contribution < 1.29 is 9.53 Å². The molecule has 1 unspecified atom stereocenters. The van der Waals surface area contributed by atoms with Gasteiger partial charge in [0.2, 0.25) is 5.91 Å². The minimum Gasteiger partial charge on any atom is -0.489 e. The maximum Gasteiger partial charge on any atom is 0.237 e. The van der Waals surface area contributed by atoms with E-state index in [0.29, 0.717) is 19.6 Å². The summed E-state index contributed by atoms with van der Waals surface area (Å²) in [5.74, 6) is 0.921. The summed E-state index contributed by atoms with van der Waals surface area (Å²) in [6.07, 6.45) is 0.699. The van der Waals surface area contributed by atoms with Gasteiger partial charge in [0, 0.05) is 13.1 Å². The molecule has 22 heavy (non-hydrogen) atoms. The van der Waals surface area contributed by atoms with Crippen LogP contribution in [0.5, 0.6) is 5.75 Å². The summed E-state index contributed by atoms with van der Waals surface area (Å²) in [6.45, 7) is 2.10. The lowest BCUT2D eigenvalue weighted by Gasteiger charge is -2.23. The quantitative estimate of drug-likeness (QED) is 0.886. The zero-order valence-corrected chi connectivity index (χ0v) is 12.4. The van der Waals surface area contributed by atoms with Gasteiger partial charge in [-0.05, 0) is 29.7 Å². The third-order valence-electron chi connectivity index (χ3n) is 3.74. The van der Waals surface area contributed by atoms with Gasteiger partial charge in [0.15, 0.2) is 0 Å². The van der Waals surface area contributed by atoms with Crippen molar-refractivity contribution in [1.29, 1.82) is 0 Å². The van der Waals surface area contributed by atoms with Gasteiger partial charge in [-0.2, -0.15) is 0 Å². The number of amides is 1. The molecule has 1 heterocycles. The summed E-state index contributed by atoms with van der Waals surface area (Å²) in [7, 11) is 0. The number of hydrogen-bond donors (Lipinski definition) is 2. The summed E-state index contributed by atoms with van der Waals surface area (Å²) in [6, 6.07) is 17.9. The van der Waals surface area contributed by atoms with Crippen LogP contribution in [0.4, 0.5) is 0 Å². The molecule has 2 aromatic rings. The monoisotopic (exact) mass is 296 g/mol. The molecule has 0 aromatic heterocycles. The molecule has 0 bridgehead atoms. The molecule has 0 radical (unpaired) electrons. The minimum absolute atomic E-state index is 0.0793. The number of carbonyl (C=O) groups is 1. The fourth-order valence-corrected chi connectivity index (χ4v) is 2.51. The predicted molar refractivity (Wildman–Crippen MR) is 85.7 cm³/mol. The zero-order chi connectivity index (χ0) is 15.2. The normalized spacial score (nSPS) is 17.8. The SMILES string of the molecule is O=C1NCCNC1Cc1ccc(OCc2ccccc2)cc1. The van der Waals surface area contributed by atoms with Crippen LogP contribution in [0.2, 0.25) is 0 Å². The van der Waals surface area contributed by atoms with Gasteiger partial charge in [0.25, 0.3) is 0 Å². The van der Waals surface area contributed by atoms with E-state index in [-0.39, 0.29) is 11.9 Å². The number of nitrogens with one attached hydrogen (secondary N) is 2. The van der Waals surface area contributed by atoms with Crippen molar-refractivity contribution >= 4 is 5.91 Å². The van der Waals surface area contributed by atoms with Gasteiger partial charge >= 0.3 is 0 Å². The van der Waals surface area contributed by atoms with Gasteiger partial charge < -0.3 is 15.4 Å². The van der Waals surface area contributed by atoms with Crippen molar-refractivity contribution in [3.05, 3.63) is 65.7 Å². The molecule has 3 rings (SSSR count). The average Bonchev–Trinajstić information content (AvgIpc) is 2.57. The van der Waals surface area contributed by atoms with Crippen molar-refractivity contribution in [2.75, 3.05) is 13.1 Å². The lowest BCUT2D eigenvalue weighted by atomic mass is 10.0. The van der Waals surface area contributed by atoms with Crippen LogP contribution >= 0.6 is 0 Å². The number of carbonyl (C=O) groups excluding carboxylic acids is 1. The summed E-state index contributed by atoms with van der Waals surface area (Å²) >= 11 is 0. The largest absolute Gasteiger partial charge is 0.489 e. The van der Waals surface area contributed by atoms with E-state index in [2.05, 4.69) is 10.6 Å². The third kappa shape index (κ3) is 3.86. The lowest BCUT2D eigenvalue weighted by molar-refractivity contribution is -0.124. The van der Waals surface area contributed by atoms with Crippen LogP contribution in [0.3, 0.4) is 0 Å². The molecule has 2 N–H and O–H groups in total. The van der Waals surface area contributed by atoms with Crippen molar-refractivity contribution in [3.8, 4) is 5.75 Å². The van der Waals surface area contributed by atoms with Crippen molar-refractivity contribution in [1.82, 2.24) is 10.6 Å². The van der Waals surface area contributed by atoms with Gasteiger partial charge in [-0.1, -0.05) is 42.5 Å². The molecule has 114 valence electrons. The molecule has 1 saturated heterocycles. The summed E-state index contributed by atoms with van der Waals surface area (Å²) in [5.41, 5.74) is 2.27. The highest BCUT2D eigenvalue weighted by Crippen LogP contribution is 2.15. The Hall–Kier alpha value is -2.33. The van der Waals surface area contributed by atoms with Crippen LogP contribution in [-0.4, -0.2) is 25.0 Å². The van der Waals surface area contributed by atoms with Crippen LogP contribution in [0.25, 0.3) is 0 Å². The number of ether oxygens (including phenoxy) is 1. The first kappa shape index (κ1) is 14.6. The highest BCUT2D eigenvalue weighted by atomic mass is 16.5. The first-order valence-corrected chi connectivity index (χ1v) is 7.58. The van der Waals surface area contributed by atoms with Crippen LogP contribution in [-0.2, 0) is 17.8 Å². The second kappa shape index (κ2) is 7.09. The van der Waals surface area contributed by atoms with E-state index in [9.17, 15) is 4.79 Å². The smallest absolute Gasteiger partial charge is 0.237 e. The minimum atomic E-state index is -0.134. The van der Waals surface area contributed by atoms with Crippen LogP contribution in [0, 0.1) is 0 Å². The molecule has 0 saturated carbocycles. The molecule has 1 aliphatic rings. The fraction of sp³-hybridized carbons (Fsp3) is 0.278. The van der Waals surface area contributed by atoms with Crippen LogP contribution < -0.4 is 15.4 Å². The van der Waals surface area contributed by atoms with E-state index >= 15 is 0 Å². The van der Waals surface area contributed by atoms with Gasteiger partial charge in [0.1, 0.15) is 12.4 Å². The van der Waals surface area contributed by atoms with Crippen LogP contribution in [0.1, 0.15) is 11.1 Å². The highest BCUT2D eigenvalue weighted by Gasteiger charge is 2.21.